The maximum absolute atomic E-state index is 12.6. The van der Waals surface area contributed by atoms with Gasteiger partial charge in [-0.05, 0) is 20.3 Å². The third kappa shape index (κ3) is 6.81. The van der Waals surface area contributed by atoms with E-state index >= 15 is 0 Å². The van der Waals surface area contributed by atoms with Gasteiger partial charge in [0.15, 0.2) is 12.6 Å². The standard InChI is InChI=1S/C13H23F3O7S/c1-4-5-6-19-7-10-11(23-24(17,18)13(14,15)16)8-21-12(2,3)22-9-20-10/h10-11H,4-9H2,1-3H3/t10-,11+/m1/s1. The molecule has 0 aromatic rings. The fraction of sp³-hybridized carbons (Fsp3) is 1.00. The van der Waals surface area contributed by atoms with Crippen molar-refractivity contribution in [1.29, 1.82) is 0 Å². The van der Waals surface area contributed by atoms with Crippen molar-refractivity contribution in [3.8, 4) is 0 Å². The average molecular weight is 380 g/mol. The highest BCUT2D eigenvalue weighted by molar-refractivity contribution is 7.87. The molecule has 0 spiro atoms. The van der Waals surface area contributed by atoms with Gasteiger partial charge in [-0.25, -0.2) is 0 Å². The molecule has 1 fully saturated rings. The largest absolute Gasteiger partial charge is 0.523 e. The second kappa shape index (κ2) is 8.77. The molecule has 24 heavy (non-hydrogen) atoms. The quantitative estimate of drug-likeness (QED) is 0.380. The normalized spacial score (nSPS) is 25.9. The zero-order valence-electron chi connectivity index (χ0n) is 13.8. The monoisotopic (exact) mass is 380 g/mol. The molecule has 11 heteroatoms. The lowest BCUT2D eigenvalue weighted by atomic mass is 10.2. The van der Waals surface area contributed by atoms with E-state index in [0.29, 0.717) is 6.61 Å². The van der Waals surface area contributed by atoms with Crippen LogP contribution in [0.15, 0.2) is 0 Å². The van der Waals surface area contributed by atoms with Gasteiger partial charge in [0, 0.05) is 6.61 Å². The zero-order valence-corrected chi connectivity index (χ0v) is 14.6. The minimum Gasteiger partial charge on any atom is -0.379 e. The molecule has 0 amide bonds. The van der Waals surface area contributed by atoms with Gasteiger partial charge in [0.05, 0.1) is 13.2 Å². The summed E-state index contributed by atoms with van der Waals surface area (Å²) in [7, 11) is -5.79. The van der Waals surface area contributed by atoms with Crippen molar-refractivity contribution in [2.75, 3.05) is 26.6 Å². The van der Waals surface area contributed by atoms with Crippen LogP contribution in [-0.4, -0.2) is 58.5 Å². The predicted molar refractivity (Wildman–Crippen MR) is 76.4 cm³/mol. The number of hydrogen-bond acceptors (Lipinski definition) is 7. The lowest BCUT2D eigenvalue weighted by Gasteiger charge is -2.35. The van der Waals surface area contributed by atoms with Crippen molar-refractivity contribution in [2.45, 2.75) is 57.1 Å². The summed E-state index contributed by atoms with van der Waals surface area (Å²) in [5, 5.41) is 0. The third-order valence-electron chi connectivity index (χ3n) is 3.16. The minimum atomic E-state index is -5.79. The first-order chi connectivity index (χ1) is 11.0. The van der Waals surface area contributed by atoms with Crippen LogP contribution in [0.4, 0.5) is 13.2 Å². The molecular formula is C13H23F3O7S. The second-order valence-electron chi connectivity index (χ2n) is 5.64. The molecule has 0 aliphatic carbocycles. The fourth-order valence-corrected chi connectivity index (χ4v) is 2.32. The molecule has 0 aromatic heterocycles. The van der Waals surface area contributed by atoms with Gasteiger partial charge in [0.25, 0.3) is 0 Å². The SMILES string of the molecule is CCCCOC[C@H]1OCOC(C)(C)OC[C@@H]1OS(=O)(=O)C(F)(F)F. The predicted octanol–water partition coefficient (Wildman–Crippen LogP) is 2.16. The van der Waals surface area contributed by atoms with E-state index in [4.69, 9.17) is 18.9 Å². The summed E-state index contributed by atoms with van der Waals surface area (Å²) in [6.45, 7) is 4.42. The van der Waals surface area contributed by atoms with E-state index < -0.39 is 40.2 Å². The first-order valence-corrected chi connectivity index (χ1v) is 8.86. The van der Waals surface area contributed by atoms with Gasteiger partial charge in [-0.3, -0.25) is 4.18 Å². The van der Waals surface area contributed by atoms with Gasteiger partial charge < -0.3 is 18.9 Å². The van der Waals surface area contributed by atoms with Gasteiger partial charge in [0.1, 0.15) is 12.2 Å². The Hall–Kier alpha value is -0.460. The van der Waals surface area contributed by atoms with Crippen LogP contribution in [0.1, 0.15) is 33.6 Å². The highest BCUT2D eigenvalue weighted by Crippen LogP contribution is 2.28. The fourth-order valence-electron chi connectivity index (χ4n) is 1.71. The number of unbranched alkanes of at least 4 members (excludes halogenated alkanes) is 1. The maximum Gasteiger partial charge on any atom is 0.523 e. The van der Waals surface area contributed by atoms with E-state index in [2.05, 4.69) is 4.18 Å². The second-order valence-corrected chi connectivity index (χ2v) is 7.20. The van der Waals surface area contributed by atoms with E-state index in [1.165, 1.54) is 13.8 Å². The number of rotatable bonds is 7. The molecule has 7 nitrogen and oxygen atoms in total. The molecule has 1 saturated heterocycles. The highest BCUT2D eigenvalue weighted by atomic mass is 32.2. The van der Waals surface area contributed by atoms with Crippen LogP contribution in [-0.2, 0) is 33.2 Å². The molecule has 1 aliphatic rings. The van der Waals surface area contributed by atoms with Crippen molar-refractivity contribution < 1.29 is 44.7 Å². The van der Waals surface area contributed by atoms with Crippen LogP contribution < -0.4 is 0 Å². The Morgan fingerprint density at radius 3 is 2.50 bits per heavy atom. The number of alkyl halides is 3. The molecule has 2 atom stereocenters. The minimum absolute atomic E-state index is 0.148. The molecule has 0 unspecified atom stereocenters. The summed E-state index contributed by atoms with van der Waals surface area (Å²) in [6.07, 6.45) is -0.982. The van der Waals surface area contributed by atoms with Crippen molar-refractivity contribution >= 4 is 10.1 Å². The Morgan fingerprint density at radius 2 is 1.92 bits per heavy atom. The van der Waals surface area contributed by atoms with E-state index in [9.17, 15) is 21.6 Å². The Labute approximate surface area is 139 Å². The van der Waals surface area contributed by atoms with Crippen molar-refractivity contribution in [3.05, 3.63) is 0 Å². The first-order valence-electron chi connectivity index (χ1n) is 7.45. The molecule has 144 valence electrons. The third-order valence-corrected chi connectivity index (χ3v) is 4.22. The topological polar surface area (TPSA) is 80.3 Å². The lowest BCUT2D eigenvalue weighted by Crippen LogP contribution is -2.48. The van der Waals surface area contributed by atoms with Gasteiger partial charge in [-0.2, -0.15) is 21.6 Å². The number of halogens is 3. The van der Waals surface area contributed by atoms with Gasteiger partial charge in [-0.1, -0.05) is 13.3 Å². The molecule has 1 rings (SSSR count). The smallest absolute Gasteiger partial charge is 0.379 e. The molecule has 1 heterocycles. The Bertz CT molecular complexity index is 478. The number of ether oxygens (including phenoxy) is 4. The van der Waals surface area contributed by atoms with Gasteiger partial charge in [-0.15, -0.1) is 0 Å². The van der Waals surface area contributed by atoms with Crippen LogP contribution in [0.2, 0.25) is 0 Å². The van der Waals surface area contributed by atoms with Crippen LogP contribution >= 0.6 is 0 Å². The highest BCUT2D eigenvalue weighted by Gasteiger charge is 2.50. The molecule has 0 aromatic carbocycles. The zero-order chi connectivity index (χ0) is 18.4. The van der Waals surface area contributed by atoms with Crippen molar-refractivity contribution in [1.82, 2.24) is 0 Å². The Morgan fingerprint density at radius 1 is 1.25 bits per heavy atom. The van der Waals surface area contributed by atoms with Crippen molar-refractivity contribution in [2.24, 2.45) is 0 Å². The Balaban J connectivity index is 2.82. The molecule has 0 saturated carbocycles. The van der Waals surface area contributed by atoms with Crippen LogP contribution in [0, 0.1) is 0 Å². The summed E-state index contributed by atoms with van der Waals surface area (Å²) in [6, 6.07) is 0. The molecule has 1 aliphatic heterocycles. The number of hydrogen-bond donors (Lipinski definition) is 0. The molecular weight excluding hydrogens is 357 g/mol. The summed E-state index contributed by atoms with van der Waals surface area (Å²) in [5.41, 5.74) is -5.53. The molecule has 0 radical (unpaired) electrons. The average Bonchev–Trinajstić information content (AvgIpc) is 2.43. The Kier molecular flexibility index (Phi) is 7.88. The summed E-state index contributed by atoms with van der Waals surface area (Å²) < 4.78 is 85.6. The van der Waals surface area contributed by atoms with Crippen molar-refractivity contribution in [3.63, 3.8) is 0 Å². The molecule has 0 N–H and O–H groups in total. The summed E-state index contributed by atoms with van der Waals surface area (Å²) >= 11 is 0. The van der Waals surface area contributed by atoms with E-state index in [-0.39, 0.29) is 13.4 Å². The van der Waals surface area contributed by atoms with Gasteiger partial charge >= 0.3 is 15.6 Å². The van der Waals surface area contributed by atoms with E-state index in [0.717, 1.165) is 12.8 Å². The summed E-state index contributed by atoms with van der Waals surface area (Å²) in [4.78, 5) is 0. The van der Waals surface area contributed by atoms with E-state index in [1.807, 2.05) is 6.92 Å². The maximum atomic E-state index is 12.6. The van der Waals surface area contributed by atoms with Crippen LogP contribution in [0.25, 0.3) is 0 Å². The molecule has 0 bridgehead atoms. The summed E-state index contributed by atoms with van der Waals surface area (Å²) in [5.74, 6) is -1.16. The van der Waals surface area contributed by atoms with Gasteiger partial charge in [0.2, 0.25) is 0 Å². The van der Waals surface area contributed by atoms with Crippen LogP contribution in [0.5, 0.6) is 0 Å². The first kappa shape index (κ1) is 21.6. The lowest BCUT2D eigenvalue weighted by molar-refractivity contribution is -0.298. The van der Waals surface area contributed by atoms with Crippen LogP contribution in [0.3, 0.4) is 0 Å². The van der Waals surface area contributed by atoms with E-state index in [1.54, 1.807) is 0 Å².